The first-order valence-electron chi connectivity index (χ1n) is 8.03. The van der Waals surface area contributed by atoms with Gasteiger partial charge in [0.05, 0.1) is 26.7 Å². The molecule has 1 aliphatic heterocycles. The molecule has 23 heavy (non-hydrogen) atoms. The van der Waals surface area contributed by atoms with E-state index in [4.69, 9.17) is 14.2 Å². The average Bonchev–Trinajstić information content (AvgIpc) is 3.13. The van der Waals surface area contributed by atoms with E-state index in [1.165, 1.54) is 7.11 Å². The van der Waals surface area contributed by atoms with Crippen LogP contribution in [-0.2, 0) is 32.0 Å². The van der Waals surface area contributed by atoms with Crippen molar-refractivity contribution in [1.29, 1.82) is 0 Å². The number of carbonyl (C=O) groups excluding carboxylic acids is 1. The summed E-state index contributed by atoms with van der Waals surface area (Å²) in [5, 5.41) is 1.11. The van der Waals surface area contributed by atoms with Crippen molar-refractivity contribution >= 4 is 16.9 Å². The Labute approximate surface area is 136 Å². The molecule has 1 saturated heterocycles. The van der Waals surface area contributed by atoms with Crippen LogP contribution in [0.4, 0.5) is 0 Å². The van der Waals surface area contributed by atoms with Crippen molar-refractivity contribution in [3.63, 3.8) is 0 Å². The molecule has 1 aliphatic rings. The van der Waals surface area contributed by atoms with E-state index in [0.717, 1.165) is 35.9 Å². The molecule has 0 amide bonds. The maximum Gasteiger partial charge on any atom is 0.310 e. The second-order valence-corrected chi connectivity index (χ2v) is 6.05. The fraction of sp³-hybridized carbons (Fsp3) is 0.500. The van der Waals surface area contributed by atoms with Gasteiger partial charge < -0.3 is 18.8 Å². The van der Waals surface area contributed by atoms with Crippen molar-refractivity contribution < 1.29 is 19.0 Å². The molecule has 0 aliphatic carbocycles. The summed E-state index contributed by atoms with van der Waals surface area (Å²) in [6, 6.07) is 8.15. The molecule has 5 nitrogen and oxygen atoms in total. The SMILES string of the molecule is COC(=O)Cc1cn(CCCC2(C)OCCO2)c2ccccc12. The number of para-hydroxylation sites is 1. The van der Waals surface area contributed by atoms with Gasteiger partial charge in [0.2, 0.25) is 0 Å². The fourth-order valence-electron chi connectivity index (χ4n) is 3.15. The summed E-state index contributed by atoms with van der Waals surface area (Å²) in [5.74, 6) is -0.661. The number of aryl methyl sites for hydroxylation is 1. The van der Waals surface area contributed by atoms with Gasteiger partial charge in [0.1, 0.15) is 0 Å². The Morgan fingerprint density at radius 3 is 2.78 bits per heavy atom. The van der Waals surface area contributed by atoms with Crippen LogP contribution in [0.1, 0.15) is 25.3 Å². The number of hydrogen-bond donors (Lipinski definition) is 0. The van der Waals surface area contributed by atoms with Crippen molar-refractivity contribution in [2.75, 3.05) is 20.3 Å². The number of aromatic nitrogens is 1. The molecular formula is C18H23NO4. The molecular weight excluding hydrogens is 294 g/mol. The Hall–Kier alpha value is -1.85. The summed E-state index contributed by atoms with van der Waals surface area (Å²) in [5.41, 5.74) is 2.15. The second kappa shape index (κ2) is 6.72. The molecule has 0 N–H and O–H groups in total. The number of rotatable bonds is 6. The molecule has 3 rings (SSSR count). The van der Waals surface area contributed by atoms with Crippen LogP contribution in [0.15, 0.2) is 30.5 Å². The normalized spacial score (nSPS) is 16.8. The molecule has 2 heterocycles. The number of ether oxygens (including phenoxy) is 3. The third-order valence-corrected chi connectivity index (χ3v) is 4.36. The van der Waals surface area contributed by atoms with E-state index in [-0.39, 0.29) is 5.97 Å². The largest absolute Gasteiger partial charge is 0.469 e. The van der Waals surface area contributed by atoms with Gasteiger partial charge in [0.15, 0.2) is 5.79 Å². The molecule has 1 fully saturated rings. The first-order chi connectivity index (χ1) is 11.1. The Morgan fingerprint density at radius 2 is 2.04 bits per heavy atom. The summed E-state index contributed by atoms with van der Waals surface area (Å²) >= 11 is 0. The highest BCUT2D eigenvalue weighted by atomic mass is 16.7. The lowest BCUT2D eigenvalue weighted by atomic mass is 10.1. The zero-order valence-electron chi connectivity index (χ0n) is 13.7. The maximum atomic E-state index is 11.6. The zero-order valence-corrected chi connectivity index (χ0v) is 13.7. The summed E-state index contributed by atoms with van der Waals surface area (Å²) < 4.78 is 18.3. The highest BCUT2D eigenvalue weighted by Crippen LogP contribution is 2.26. The van der Waals surface area contributed by atoms with Gasteiger partial charge in [-0.2, -0.15) is 0 Å². The topological polar surface area (TPSA) is 49.7 Å². The van der Waals surface area contributed by atoms with Gasteiger partial charge >= 0.3 is 5.97 Å². The van der Waals surface area contributed by atoms with Gasteiger partial charge in [-0.3, -0.25) is 4.79 Å². The predicted octanol–water partition coefficient (Wildman–Crippen LogP) is 2.90. The van der Waals surface area contributed by atoms with Crippen LogP contribution >= 0.6 is 0 Å². The zero-order chi connectivity index (χ0) is 16.3. The van der Waals surface area contributed by atoms with Crippen LogP contribution in [0.25, 0.3) is 10.9 Å². The molecule has 0 unspecified atom stereocenters. The van der Waals surface area contributed by atoms with Crippen LogP contribution in [0, 0.1) is 0 Å². The quantitative estimate of drug-likeness (QED) is 0.769. The van der Waals surface area contributed by atoms with E-state index >= 15 is 0 Å². The van der Waals surface area contributed by atoms with Gasteiger partial charge in [0.25, 0.3) is 0 Å². The standard InChI is InChI=1S/C18H23NO4/c1-18(22-10-11-23-18)8-5-9-19-13-14(12-17(20)21-2)15-6-3-4-7-16(15)19/h3-4,6-7,13H,5,8-12H2,1-2H3. The van der Waals surface area contributed by atoms with E-state index in [1.807, 2.05) is 19.1 Å². The average molecular weight is 317 g/mol. The summed E-state index contributed by atoms with van der Waals surface area (Å²) in [4.78, 5) is 11.6. The highest BCUT2D eigenvalue weighted by Gasteiger charge is 2.30. The van der Waals surface area contributed by atoms with Crippen molar-refractivity contribution in [3.05, 3.63) is 36.0 Å². The third kappa shape index (κ3) is 3.57. The van der Waals surface area contributed by atoms with E-state index in [1.54, 1.807) is 0 Å². The van der Waals surface area contributed by atoms with Crippen LogP contribution < -0.4 is 0 Å². The molecule has 0 spiro atoms. The number of nitrogens with zero attached hydrogens (tertiary/aromatic N) is 1. The van der Waals surface area contributed by atoms with Gasteiger partial charge in [-0.1, -0.05) is 18.2 Å². The molecule has 124 valence electrons. The Bertz CT molecular complexity index is 685. The highest BCUT2D eigenvalue weighted by molar-refractivity contribution is 5.87. The van der Waals surface area contributed by atoms with E-state index < -0.39 is 5.79 Å². The van der Waals surface area contributed by atoms with Gasteiger partial charge in [-0.05, 0) is 25.0 Å². The molecule has 0 atom stereocenters. The lowest BCUT2D eigenvalue weighted by Gasteiger charge is -2.22. The monoisotopic (exact) mass is 317 g/mol. The molecule has 5 heteroatoms. The van der Waals surface area contributed by atoms with Crippen LogP contribution in [-0.4, -0.2) is 36.6 Å². The molecule has 0 radical (unpaired) electrons. The van der Waals surface area contributed by atoms with Crippen molar-refractivity contribution in [2.24, 2.45) is 0 Å². The van der Waals surface area contributed by atoms with Crippen molar-refractivity contribution in [1.82, 2.24) is 4.57 Å². The molecule has 2 aromatic rings. The van der Waals surface area contributed by atoms with Gasteiger partial charge in [0, 0.05) is 30.1 Å². The van der Waals surface area contributed by atoms with Crippen molar-refractivity contribution in [3.8, 4) is 0 Å². The Balaban J connectivity index is 1.73. The number of fused-ring (bicyclic) bond motifs is 1. The molecule has 1 aromatic heterocycles. The second-order valence-electron chi connectivity index (χ2n) is 6.05. The van der Waals surface area contributed by atoms with Gasteiger partial charge in [-0.25, -0.2) is 0 Å². The van der Waals surface area contributed by atoms with E-state index in [2.05, 4.69) is 22.9 Å². The minimum atomic E-state index is -0.447. The number of methoxy groups -OCH3 is 1. The fourth-order valence-corrected chi connectivity index (χ4v) is 3.15. The minimum absolute atomic E-state index is 0.215. The Kier molecular flexibility index (Phi) is 4.68. The smallest absolute Gasteiger partial charge is 0.310 e. The van der Waals surface area contributed by atoms with Crippen molar-refractivity contribution in [2.45, 2.75) is 38.5 Å². The molecule has 0 bridgehead atoms. The predicted molar refractivity (Wildman–Crippen MR) is 87.2 cm³/mol. The molecule has 1 aromatic carbocycles. The lowest BCUT2D eigenvalue weighted by molar-refractivity contribution is -0.147. The Morgan fingerprint density at radius 1 is 1.30 bits per heavy atom. The van der Waals surface area contributed by atoms with E-state index in [9.17, 15) is 4.79 Å². The van der Waals surface area contributed by atoms with Gasteiger partial charge in [-0.15, -0.1) is 0 Å². The first-order valence-corrected chi connectivity index (χ1v) is 8.03. The number of esters is 1. The lowest BCUT2D eigenvalue weighted by Crippen LogP contribution is -2.25. The summed E-state index contributed by atoms with van der Waals surface area (Å²) in [6.07, 6.45) is 4.16. The number of carbonyl (C=O) groups is 1. The van der Waals surface area contributed by atoms with E-state index in [0.29, 0.717) is 19.6 Å². The van der Waals surface area contributed by atoms with Crippen LogP contribution in [0.5, 0.6) is 0 Å². The summed E-state index contributed by atoms with van der Waals surface area (Å²) in [6.45, 7) is 4.21. The third-order valence-electron chi connectivity index (χ3n) is 4.36. The number of hydrogen-bond acceptors (Lipinski definition) is 4. The van der Waals surface area contributed by atoms with Crippen LogP contribution in [0.2, 0.25) is 0 Å². The summed E-state index contributed by atoms with van der Waals surface area (Å²) in [7, 11) is 1.42. The minimum Gasteiger partial charge on any atom is -0.469 e. The number of benzene rings is 1. The first kappa shape index (κ1) is 16.0. The van der Waals surface area contributed by atoms with Crippen LogP contribution in [0.3, 0.4) is 0 Å². The molecule has 0 saturated carbocycles. The maximum absolute atomic E-state index is 11.6.